The van der Waals surface area contributed by atoms with Crippen molar-refractivity contribution in [1.29, 1.82) is 0 Å². The van der Waals surface area contributed by atoms with Crippen LogP contribution in [0, 0.1) is 6.92 Å². The summed E-state index contributed by atoms with van der Waals surface area (Å²) in [5.74, 6) is 0. The normalized spacial score (nSPS) is 12.1. The Bertz CT molecular complexity index is 70.1. The maximum atomic E-state index is 3.68. The van der Waals surface area contributed by atoms with Crippen molar-refractivity contribution < 1.29 is 0 Å². The minimum Gasteiger partial charge on any atom is -0.0853 e. The predicted octanol–water partition coefficient (Wildman–Crippen LogP) is 2.96. The first-order chi connectivity index (χ1) is 3.81. The largest absolute Gasteiger partial charge is 0.0853 e. The van der Waals surface area contributed by atoms with Crippen molar-refractivity contribution in [2.45, 2.75) is 33.1 Å². The zero-order valence-corrected chi connectivity index (χ0v) is 5.91. The lowest BCUT2D eigenvalue weighted by Gasteiger charge is -1.94. The van der Waals surface area contributed by atoms with Gasteiger partial charge in [-0.1, -0.05) is 25.0 Å². The van der Waals surface area contributed by atoms with Gasteiger partial charge < -0.3 is 0 Å². The van der Waals surface area contributed by atoms with Gasteiger partial charge >= 0.3 is 0 Å². The standard InChI is InChI=1S/C8H15/c1-4-6-7-8(3)5-2/h5H,2,4,6-7H2,1,3H3/b8-5+. The average Bonchev–Trinajstić information content (AvgIpc) is 1.83. The molecule has 0 fully saturated rings. The van der Waals surface area contributed by atoms with Crippen LogP contribution in [-0.4, -0.2) is 0 Å². The average molecular weight is 111 g/mol. The van der Waals surface area contributed by atoms with Crippen LogP contribution in [0.4, 0.5) is 0 Å². The van der Waals surface area contributed by atoms with E-state index in [2.05, 4.69) is 20.8 Å². The fraction of sp³-hybridized carbons (Fsp3) is 0.625. The zero-order chi connectivity index (χ0) is 6.41. The molecule has 0 aromatic carbocycles. The molecular weight excluding hydrogens is 96.1 g/mol. The smallest absolute Gasteiger partial charge is 0.0313 e. The Balaban J connectivity index is 3.12. The Morgan fingerprint density at radius 1 is 1.62 bits per heavy atom. The van der Waals surface area contributed by atoms with E-state index in [1.807, 2.05) is 6.08 Å². The van der Waals surface area contributed by atoms with Gasteiger partial charge in [0.2, 0.25) is 0 Å². The number of rotatable bonds is 3. The van der Waals surface area contributed by atoms with Gasteiger partial charge in [-0.3, -0.25) is 0 Å². The van der Waals surface area contributed by atoms with Crippen LogP contribution in [0.25, 0.3) is 0 Å². The van der Waals surface area contributed by atoms with Gasteiger partial charge in [0.15, 0.2) is 0 Å². The van der Waals surface area contributed by atoms with Crippen LogP contribution in [0.1, 0.15) is 33.1 Å². The van der Waals surface area contributed by atoms with Crippen LogP contribution in [0.5, 0.6) is 0 Å². The van der Waals surface area contributed by atoms with Crippen molar-refractivity contribution >= 4 is 0 Å². The molecule has 0 aromatic rings. The molecule has 0 aliphatic heterocycles. The van der Waals surface area contributed by atoms with Gasteiger partial charge in [0, 0.05) is 0 Å². The predicted molar refractivity (Wildman–Crippen MR) is 38.6 cm³/mol. The van der Waals surface area contributed by atoms with Crippen molar-refractivity contribution in [3.05, 3.63) is 18.6 Å². The lowest BCUT2D eigenvalue weighted by Crippen LogP contribution is -1.74. The van der Waals surface area contributed by atoms with Crippen LogP contribution in [0.3, 0.4) is 0 Å². The highest BCUT2D eigenvalue weighted by molar-refractivity contribution is 4.98. The summed E-state index contributed by atoms with van der Waals surface area (Å²) in [5, 5.41) is 0. The minimum absolute atomic E-state index is 1.22. The summed E-state index contributed by atoms with van der Waals surface area (Å²) in [7, 11) is 0. The monoisotopic (exact) mass is 111 g/mol. The van der Waals surface area contributed by atoms with Crippen molar-refractivity contribution in [3.8, 4) is 0 Å². The van der Waals surface area contributed by atoms with E-state index in [9.17, 15) is 0 Å². The summed E-state index contributed by atoms with van der Waals surface area (Å²) in [6, 6.07) is 0. The molecule has 47 valence electrons. The summed E-state index contributed by atoms with van der Waals surface area (Å²) in [6.07, 6.45) is 5.75. The molecule has 0 spiro atoms. The third-order valence-corrected chi connectivity index (χ3v) is 1.27. The Hall–Kier alpha value is -0.260. The Morgan fingerprint density at radius 2 is 2.25 bits per heavy atom. The fourth-order valence-electron chi connectivity index (χ4n) is 0.558. The van der Waals surface area contributed by atoms with E-state index in [1.165, 1.54) is 24.8 Å². The second-order valence-corrected chi connectivity index (χ2v) is 2.15. The molecule has 0 rings (SSSR count). The number of hydrogen-bond donors (Lipinski definition) is 0. The van der Waals surface area contributed by atoms with Gasteiger partial charge in [-0.25, -0.2) is 0 Å². The Morgan fingerprint density at radius 3 is 2.62 bits per heavy atom. The van der Waals surface area contributed by atoms with Crippen LogP contribution in [0.15, 0.2) is 11.6 Å². The second-order valence-electron chi connectivity index (χ2n) is 2.15. The summed E-state index contributed by atoms with van der Waals surface area (Å²) < 4.78 is 0. The van der Waals surface area contributed by atoms with Crippen molar-refractivity contribution in [2.75, 3.05) is 0 Å². The van der Waals surface area contributed by atoms with Crippen LogP contribution in [0.2, 0.25) is 0 Å². The van der Waals surface area contributed by atoms with Gasteiger partial charge in [-0.05, 0) is 26.7 Å². The highest BCUT2D eigenvalue weighted by Gasteiger charge is 1.83. The molecule has 0 unspecified atom stereocenters. The highest BCUT2D eigenvalue weighted by atomic mass is 13.9. The summed E-state index contributed by atoms with van der Waals surface area (Å²) in [6.45, 7) is 8.01. The van der Waals surface area contributed by atoms with E-state index in [0.717, 1.165) is 0 Å². The van der Waals surface area contributed by atoms with E-state index in [4.69, 9.17) is 0 Å². The Labute approximate surface area is 52.6 Å². The third kappa shape index (κ3) is 3.91. The molecule has 0 heteroatoms. The second kappa shape index (κ2) is 4.89. The molecule has 0 atom stereocenters. The molecule has 0 saturated carbocycles. The van der Waals surface area contributed by atoms with Gasteiger partial charge in [-0.15, -0.1) is 0 Å². The quantitative estimate of drug-likeness (QED) is 0.525. The lowest BCUT2D eigenvalue weighted by molar-refractivity contribution is 0.787. The SMILES string of the molecule is [CH2]/C=C(\C)CCCC. The van der Waals surface area contributed by atoms with Gasteiger partial charge in [-0.2, -0.15) is 0 Å². The molecule has 0 aromatic heterocycles. The van der Waals surface area contributed by atoms with E-state index >= 15 is 0 Å². The van der Waals surface area contributed by atoms with Gasteiger partial charge in [0.05, 0.1) is 0 Å². The molecule has 0 aliphatic carbocycles. The Kier molecular flexibility index (Phi) is 4.73. The van der Waals surface area contributed by atoms with E-state index in [1.54, 1.807) is 0 Å². The molecule has 8 heavy (non-hydrogen) atoms. The van der Waals surface area contributed by atoms with E-state index < -0.39 is 0 Å². The summed E-state index contributed by atoms with van der Waals surface area (Å²) in [4.78, 5) is 0. The molecule has 0 heterocycles. The van der Waals surface area contributed by atoms with Crippen molar-refractivity contribution in [1.82, 2.24) is 0 Å². The first-order valence-corrected chi connectivity index (χ1v) is 3.26. The van der Waals surface area contributed by atoms with Gasteiger partial charge in [0.1, 0.15) is 0 Å². The summed E-state index contributed by atoms with van der Waals surface area (Å²) >= 11 is 0. The first-order valence-electron chi connectivity index (χ1n) is 3.26. The molecule has 0 amide bonds. The zero-order valence-electron chi connectivity index (χ0n) is 5.91. The van der Waals surface area contributed by atoms with Gasteiger partial charge in [0.25, 0.3) is 0 Å². The number of allylic oxidation sites excluding steroid dienone is 2. The van der Waals surface area contributed by atoms with E-state index in [0.29, 0.717) is 0 Å². The number of hydrogen-bond acceptors (Lipinski definition) is 0. The van der Waals surface area contributed by atoms with Crippen LogP contribution < -0.4 is 0 Å². The molecule has 0 N–H and O–H groups in total. The van der Waals surface area contributed by atoms with Crippen molar-refractivity contribution in [2.24, 2.45) is 0 Å². The first kappa shape index (κ1) is 7.74. The number of unbranched alkanes of at least 4 members (excludes halogenated alkanes) is 1. The molecule has 0 nitrogen and oxygen atoms in total. The third-order valence-electron chi connectivity index (χ3n) is 1.27. The van der Waals surface area contributed by atoms with E-state index in [-0.39, 0.29) is 0 Å². The molecule has 1 radical (unpaired) electrons. The molecular formula is C8H15. The maximum absolute atomic E-state index is 3.68. The highest BCUT2D eigenvalue weighted by Crippen LogP contribution is 2.04. The lowest BCUT2D eigenvalue weighted by atomic mass is 10.1. The van der Waals surface area contributed by atoms with Crippen LogP contribution in [-0.2, 0) is 0 Å². The fourth-order valence-corrected chi connectivity index (χ4v) is 0.558. The van der Waals surface area contributed by atoms with Crippen LogP contribution >= 0.6 is 0 Å². The minimum atomic E-state index is 1.22. The summed E-state index contributed by atoms with van der Waals surface area (Å²) in [5.41, 5.74) is 1.41. The molecule has 0 saturated heterocycles. The molecule has 0 bridgehead atoms. The molecule has 0 aliphatic rings. The maximum Gasteiger partial charge on any atom is -0.0313 e. The van der Waals surface area contributed by atoms with Crippen molar-refractivity contribution in [3.63, 3.8) is 0 Å². The topological polar surface area (TPSA) is 0 Å².